The molecule has 0 spiro atoms. The van der Waals surface area contributed by atoms with E-state index >= 15 is 0 Å². The molecule has 0 radical (unpaired) electrons. The Labute approximate surface area is 113 Å². The minimum Gasteiger partial charge on any atom is -0.309 e. The molecule has 94 valence electrons. The molecular formula is C17H16N2. The van der Waals surface area contributed by atoms with Gasteiger partial charge in [-0.05, 0) is 30.3 Å². The second-order valence-corrected chi connectivity index (χ2v) is 4.59. The molecule has 1 heterocycles. The van der Waals surface area contributed by atoms with Crippen LogP contribution >= 0.6 is 0 Å². The SMILES string of the molecule is CNC(c1ccccc1)c1cnc2ccccc2c1. The first kappa shape index (κ1) is 11.9. The molecule has 19 heavy (non-hydrogen) atoms. The zero-order valence-electron chi connectivity index (χ0n) is 10.9. The number of para-hydroxylation sites is 1. The van der Waals surface area contributed by atoms with Crippen molar-refractivity contribution in [3.8, 4) is 0 Å². The minimum absolute atomic E-state index is 0.179. The highest BCUT2D eigenvalue weighted by molar-refractivity contribution is 5.78. The van der Waals surface area contributed by atoms with Crippen LogP contribution in [0.2, 0.25) is 0 Å². The van der Waals surface area contributed by atoms with Gasteiger partial charge >= 0.3 is 0 Å². The third kappa shape index (κ3) is 2.35. The van der Waals surface area contributed by atoms with Crippen LogP contribution in [0.4, 0.5) is 0 Å². The molecule has 2 nitrogen and oxygen atoms in total. The Morgan fingerprint density at radius 2 is 1.63 bits per heavy atom. The van der Waals surface area contributed by atoms with Gasteiger partial charge in [0.15, 0.2) is 0 Å². The molecule has 0 aliphatic heterocycles. The van der Waals surface area contributed by atoms with Crippen molar-refractivity contribution in [2.75, 3.05) is 7.05 Å². The van der Waals surface area contributed by atoms with E-state index < -0.39 is 0 Å². The highest BCUT2D eigenvalue weighted by Gasteiger charge is 2.12. The lowest BCUT2D eigenvalue weighted by Gasteiger charge is -2.17. The predicted molar refractivity (Wildman–Crippen MR) is 79.1 cm³/mol. The fourth-order valence-corrected chi connectivity index (χ4v) is 2.42. The van der Waals surface area contributed by atoms with Gasteiger partial charge < -0.3 is 5.32 Å². The summed E-state index contributed by atoms with van der Waals surface area (Å²) < 4.78 is 0. The van der Waals surface area contributed by atoms with Crippen LogP contribution in [0.15, 0.2) is 66.9 Å². The summed E-state index contributed by atoms with van der Waals surface area (Å²) in [5.41, 5.74) is 3.48. The van der Waals surface area contributed by atoms with Gasteiger partial charge in [0.05, 0.1) is 11.6 Å². The highest BCUT2D eigenvalue weighted by atomic mass is 14.9. The van der Waals surface area contributed by atoms with Gasteiger partial charge in [-0.1, -0.05) is 48.5 Å². The van der Waals surface area contributed by atoms with Gasteiger partial charge in [-0.25, -0.2) is 0 Å². The maximum absolute atomic E-state index is 4.54. The number of hydrogen-bond acceptors (Lipinski definition) is 2. The van der Waals surface area contributed by atoms with Crippen molar-refractivity contribution in [3.63, 3.8) is 0 Å². The second-order valence-electron chi connectivity index (χ2n) is 4.59. The number of aromatic nitrogens is 1. The van der Waals surface area contributed by atoms with Crippen molar-refractivity contribution in [3.05, 3.63) is 78.0 Å². The van der Waals surface area contributed by atoms with Crippen LogP contribution in [0.5, 0.6) is 0 Å². The summed E-state index contributed by atoms with van der Waals surface area (Å²) in [6.07, 6.45) is 1.95. The van der Waals surface area contributed by atoms with Crippen molar-refractivity contribution in [1.82, 2.24) is 10.3 Å². The molecule has 1 atom stereocenters. The Bertz CT molecular complexity index is 677. The molecule has 3 rings (SSSR count). The monoisotopic (exact) mass is 248 g/mol. The maximum atomic E-state index is 4.54. The fraction of sp³-hybridized carbons (Fsp3) is 0.118. The Hall–Kier alpha value is -2.19. The summed E-state index contributed by atoms with van der Waals surface area (Å²) in [7, 11) is 1.98. The molecule has 2 heteroatoms. The summed E-state index contributed by atoms with van der Waals surface area (Å²) in [5, 5.41) is 4.54. The van der Waals surface area contributed by atoms with E-state index in [0.717, 1.165) is 5.52 Å². The number of hydrogen-bond donors (Lipinski definition) is 1. The molecule has 0 aliphatic rings. The zero-order chi connectivity index (χ0) is 13.1. The fourth-order valence-electron chi connectivity index (χ4n) is 2.42. The van der Waals surface area contributed by atoms with Gasteiger partial charge in [-0.2, -0.15) is 0 Å². The molecular weight excluding hydrogens is 232 g/mol. The van der Waals surface area contributed by atoms with Gasteiger partial charge in [-0.15, -0.1) is 0 Å². The Morgan fingerprint density at radius 1 is 0.895 bits per heavy atom. The topological polar surface area (TPSA) is 24.9 Å². The van der Waals surface area contributed by atoms with Gasteiger partial charge in [-0.3, -0.25) is 4.98 Å². The molecule has 0 aliphatic carbocycles. The number of benzene rings is 2. The third-order valence-electron chi connectivity index (χ3n) is 3.37. The lowest BCUT2D eigenvalue weighted by Crippen LogP contribution is -2.17. The first-order valence-electron chi connectivity index (χ1n) is 6.45. The summed E-state index contributed by atoms with van der Waals surface area (Å²) in [5.74, 6) is 0. The number of nitrogens with zero attached hydrogens (tertiary/aromatic N) is 1. The smallest absolute Gasteiger partial charge is 0.0702 e. The summed E-state index contributed by atoms with van der Waals surface area (Å²) in [4.78, 5) is 4.54. The van der Waals surface area contributed by atoms with Gasteiger partial charge in [0.1, 0.15) is 0 Å². The molecule has 1 N–H and O–H groups in total. The van der Waals surface area contributed by atoms with Crippen LogP contribution < -0.4 is 5.32 Å². The second kappa shape index (κ2) is 5.21. The van der Waals surface area contributed by atoms with Crippen LogP contribution in [-0.2, 0) is 0 Å². The minimum atomic E-state index is 0.179. The normalized spacial score (nSPS) is 12.5. The Balaban J connectivity index is 2.06. The molecule has 1 aromatic heterocycles. The van der Waals surface area contributed by atoms with E-state index in [4.69, 9.17) is 0 Å². The van der Waals surface area contributed by atoms with E-state index in [1.807, 2.05) is 37.5 Å². The van der Waals surface area contributed by atoms with E-state index in [0.29, 0.717) is 0 Å². The van der Waals surface area contributed by atoms with Crippen molar-refractivity contribution >= 4 is 10.9 Å². The largest absolute Gasteiger partial charge is 0.309 e. The van der Waals surface area contributed by atoms with Gasteiger partial charge in [0.25, 0.3) is 0 Å². The quantitative estimate of drug-likeness (QED) is 0.766. The first-order chi connectivity index (χ1) is 9.38. The van der Waals surface area contributed by atoms with Crippen LogP contribution in [0.1, 0.15) is 17.2 Å². The van der Waals surface area contributed by atoms with Crippen molar-refractivity contribution < 1.29 is 0 Å². The molecule has 0 saturated carbocycles. The average molecular weight is 248 g/mol. The third-order valence-corrected chi connectivity index (χ3v) is 3.37. The predicted octanol–water partition coefficient (Wildman–Crippen LogP) is 3.54. The van der Waals surface area contributed by atoms with E-state index in [2.05, 4.69) is 46.7 Å². The molecule has 0 saturated heterocycles. The van der Waals surface area contributed by atoms with E-state index in [9.17, 15) is 0 Å². The Morgan fingerprint density at radius 3 is 2.42 bits per heavy atom. The molecule has 3 aromatic rings. The van der Waals surface area contributed by atoms with E-state index in [-0.39, 0.29) is 6.04 Å². The number of rotatable bonds is 3. The van der Waals surface area contributed by atoms with Crippen molar-refractivity contribution in [2.24, 2.45) is 0 Å². The van der Waals surface area contributed by atoms with Crippen LogP contribution in [0, 0.1) is 0 Å². The van der Waals surface area contributed by atoms with Crippen molar-refractivity contribution in [1.29, 1.82) is 0 Å². The van der Waals surface area contributed by atoms with E-state index in [1.54, 1.807) is 0 Å². The van der Waals surface area contributed by atoms with Crippen LogP contribution in [0.25, 0.3) is 10.9 Å². The lowest BCUT2D eigenvalue weighted by atomic mass is 9.99. The molecule has 2 aromatic carbocycles. The maximum Gasteiger partial charge on any atom is 0.0702 e. The number of pyridine rings is 1. The van der Waals surface area contributed by atoms with Crippen LogP contribution in [-0.4, -0.2) is 12.0 Å². The molecule has 0 fully saturated rings. The van der Waals surface area contributed by atoms with E-state index in [1.165, 1.54) is 16.5 Å². The molecule has 0 amide bonds. The summed E-state index contributed by atoms with van der Waals surface area (Å²) in [6.45, 7) is 0. The highest BCUT2D eigenvalue weighted by Crippen LogP contribution is 2.23. The lowest BCUT2D eigenvalue weighted by molar-refractivity contribution is 0.690. The standard InChI is InChI=1S/C17H16N2/c1-18-17(13-7-3-2-4-8-13)15-11-14-9-5-6-10-16(14)19-12-15/h2-12,17-18H,1H3. The summed E-state index contributed by atoms with van der Waals surface area (Å²) in [6, 6.07) is 21.0. The number of fused-ring (bicyclic) bond motifs is 1. The average Bonchev–Trinajstić information content (AvgIpc) is 2.49. The Kier molecular flexibility index (Phi) is 3.25. The first-order valence-corrected chi connectivity index (χ1v) is 6.45. The molecule has 0 bridgehead atoms. The summed E-state index contributed by atoms with van der Waals surface area (Å²) >= 11 is 0. The van der Waals surface area contributed by atoms with Gasteiger partial charge in [0, 0.05) is 11.6 Å². The van der Waals surface area contributed by atoms with Crippen molar-refractivity contribution in [2.45, 2.75) is 6.04 Å². The number of nitrogens with one attached hydrogen (secondary N) is 1. The van der Waals surface area contributed by atoms with Crippen LogP contribution in [0.3, 0.4) is 0 Å². The van der Waals surface area contributed by atoms with Gasteiger partial charge in [0.2, 0.25) is 0 Å². The zero-order valence-corrected chi connectivity index (χ0v) is 10.9. The molecule has 1 unspecified atom stereocenters.